The van der Waals surface area contributed by atoms with Crippen LogP contribution in [0.3, 0.4) is 0 Å². The standard InChI is InChI=1S/C27H53NO4S.Na/c1-3-5-6-7-8-9-10-11-12-13-14-15-16-17-18-19-20-21-22-23-24-26(25-33(30,31)32)28-27(29)4-2;/h4,26H,2-3,5-25H2,1H3,(H,28,29)(H,30,31,32);/q;+1/p-1. The maximum atomic E-state index is 11.4. The smallest absolute Gasteiger partial charge is 0.748 e. The van der Waals surface area contributed by atoms with Crippen LogP contribution in [-0.4, -0.2) is 30.7 Å². The molecule has 0 aliphatic carbocycles. The molecular formula is C27H52NNaO4S. The van der Waals surface area contributed by atoms with Crippen molar-refractivity contribution in [1.29, 1.82) is 0 Å². The summed E-state index contributed by atoms with van der Waals surface area (Å²) in [7, 11) is -4.35. The minimum absolute atomic E-state index is 0. The van der Waals surface area contributed by atoms with Crippen molar-refractivity contribution < 1.29 is 47.3 Å². The predicted octanol–water partition coefficient (Wildman–Crippen LogP) is 4.42. The molecule has 0 aliphatic rings. The minimum Gasteiger partial charge on any atom is -0.748 e. The monoisotopic (exact) mass is 509 g/mol. The summed E-state index contributed by atoms with van der Waals surface area (Å²) in [5.41, 5.74) is 0. The van der Waals surface area contributed by atoms with E-state index in [-0.39, 0.29) is 29.6 Å². The van der Waals surface area contributed by atoms with Crippen LogP contribution in [0.5, 0.6) is 0 Å². The van der Waals surface area contributed by atoms with E-state index in [1.165, 1.54) is 109 Å². The number of unbranched alkanes of at least 4 members (excludes halogenated alkanes) is 19. The molecule has 1 unspecified atom stereocenters. The summed E-state index contributed by atoms with van der Waals surface area (Å²) in [5, 5.41) is 2.55. The maximum Gasteiger partial charge on any atom is 1.00 e. The molecule has 1 amide bonds. The molecule has 0 aliphatic heterocycles. The van der Waals surface area contributed by atoms with Gasteiger partial charge in [-0.25, -0.2) is 8.42 Å². The van der Waals surface area contributed by atoms with Crippen molar-refractivity contribution >= 4 is 16.0 Å². The molecule has 0 heterocycles. The molecule has 0 fully saturated rings. The van der Waals surface area contributed by atoms with Crippen LogP contribution in [0.4, 0.5) is 0 Å². The first-order chi connectivity index (χ1) is 15.9. The van der Waals surface area contributed by atoms with Crippen LogP contribution in [0.2, 0.25) is 0 Å². The first-order valence-electron chi connectivity index (χ1n) is 13.8. The van der Waals surface area contributed by atoms with Crippen LogP contribution in [0, 0.1) is 0 Å². The van der Waals surface area contributed by atoms with Crippen molar-refractivity contribution in [3.05, 3.63) is 12.7 Å². The normalized spacial score (nSPS) is 12.2. The topological polar surface area (TPSA) is 86.3 Å². The van der Waals surface area contributed by atoms with Crippen molar-refractivity contribution in [2.24, 2.45) is 0 Å². The molecule has 0 spiro atoms. The first-order valence-corrected chi connectivity index (χ1v) is 15.3. The molecule has 196 valence electrons. The Hall–Kier alpha value is 0.120. The minimum atomic E-state index is -4.35. The molecule has 1 atom stereocenters. The molecule has 0 rings (SSSR count). The van der Waals surface area contributed by atoms with Gasteiger partial charge in [0.05, 0.1) is 15.9 Å². The van der Waals surface area contributed by atoms with Crippen molar-refractivity contribution in [2.75, 3.05) is 5.75 Å². The van der Waals surface area contributed by atoms with Gasteiger partial charge in [-0.15, -0.1) is 0 Å². The summed E-state index contributed by atoms with van der Waals surface area (Å²) in [5.74, 6) is -0.983. The van der Waals surface area contributed by atoms with Gasteiger partial charge in [0.2, 0.25) is 5.91 Å². The Bertz CT molecular complexity index is 569. The number of rotatable bonds is 25. The second-order valence-electron chi connectivity index (χ2n) is 9.64. The van der Waals surface area contributed by atoms with Crippen LogP contribution in [0.15, 0.2) is 12.7 Å². The van der Waals surface area contributed by atoms with E-state index in [4.69, 9.17) is 0 Å². The Morgan fingerprint density at radius 3 is 1.35 bits per heavy atom. The number of nitrogens with one attached hydrogen (secondary N) is 1. The summed E-state index contributed by atoms with van der Waals surface area (Å²) in [6.45, 7) is 5.63. The van der Waals surface area contributed by atoms with E-state index in [0.717, 1.165) is 25.3 Å². The van der Waals surface area contributed by atoms with Crippen LogP contribution in [0.25, 0.3) is 0 Å². The van der Waals surface area contributed by atoms with Crippen molar-refractivity contribution in [2.45, 2.75) is 148 Å². The third kappa shape index (κ3) is 28.4. The van der Waals surface area contributed by atoms with Gasteiger partial charge in [0, 0.05) is 6.04 Å². The molecule has 5 nitrogen and oxygen atoms in total. The summed E-state index contributed by atoms with van der Waals surface area (Å²) in [4.78, 5) is 11.4. The Morgan fingerprint density at radius 2 is 1.06 bits per heavy atom. The Labute approximate surface area is 233 Å². The van der Waals surface area contributed by atoms with E-state index in [1.54, 1.807) is 0 Å². The number of hydrogen-bond donors (Lipinski definition) is 1. The molecule has 34 heavy (non-hydrogen) atoms. The van der Waals surface area contributed by atoms with Gasteiger partial charge in [-0.05, 0) is 12.5 Å². The quantitative estimate of drug-likeness (QED) is 0.0854. The third-order valence-corrected chi connectivity index (χ3v) is 7.15. The number of carbonyl (C=O) groups is 1. The second-order valence-corrected chi connectivity index (χ2v) is 11.1. The molecule has 0 aromatic heterocycles. The molecule has 0 radical (unpaired) electrons. The SMILES string of the molecule is C=CC(=O)NC(CCCCCCCCCCCCCCCCCCCCCC)CS(=O)(=O)[O-].[Na+]. The van der Waals surface area contributed by atoms with Gasteiger partial charge in [0.25, 0.3) is 0 Å². The van der Waals surface area contributed by atoms with E-state index in [0.29, 0.717) is 6.42 Å². The number of carbonyl (C=O) groups excluding carboxylic acids is 1. The fraction of sp³-hybridized carbons (Fsp3) is 0.889. The zero-order valence-electron chi connectivity index (χ0n) is 22.5. The Kier molecular flexibility index (Phi) is 27.9. The third-order valence-electron chi connectivity index (χ3n) is 6.34. The average molecular weight is 510 g/mol. The summed E-state index contributed by atoms with van der Waals surface area (Å²) < 4.78 is 33.0. The zero-order chi connectivity index (χ0) is 24.6. The molecule has 0 aromatic rings. The zero-order valence-corrected chi connectivity index (χ0v) is 25.3. The van der Waals surface area contributed by atoms with Gasteiger partial charge in [0.1, 0.15) is 0 Å². The number of amides is 1. The molecule has 0 aromatic carbocycles. The molecule has 7 heteroatoms. The van der Waals surface area contributed by atoms with E-state index in [1.807, 2.05) is 0 Å². The molecular weight excluding hydrogens is 457 g/mol. The van der Waals surface area contributed by atoms with Crippen LogP contribution >= 0.6 is 0 Å². The first kappa shape index (κ1) is 36.3. The van der Waals surface area contributed by atoms with Gasteiger partial charge < -0.3 is 9.87 Å². The van der Waals surface area contributed by atoms with E-state index < -0.39 is 27.8 Å². The maximum absolute atomic E-state index is 11.4. The van der Waals surface area contributed by atoms with Gasteiger partial charge >= 0.3 is 29.6 Å². The molecule has 0 saturated carbocycles. The molecule has 1 N–H and O–H groups in total. The largest absolute Gasteiger partial charge is 1.00 e. The summed E-state index contributed by atoms with van der Waals surface area (Å²) in [6.07, 6.45) is 27.8. The van der Waals surface area contributed by atoms with Crippen LogP contribution < -0.4 is 34.9 Å². The van der Waals surface area contributed by atoms with E-state index in [9.17, 15) is 17.8 Å². The predicted molar refractivity (Wildman–Crippen MR) is 139 cm³/mol. The fourth-order valence-corrected chi connectivity index (χ4v) is 5.09. The summed E-state index contributed by atoms with van der Waals surface area (Å²) >= 11 is 0. The molecule has 0 saturated heterocycles. The fourth-order valence-electron chi connectivity index (χ4n) is 4.35. The van der Waals surface area contributed by atoms with Gasteiger partial charge in [-0.1, -0.05) is 142 Å². The molecule has 0 bridgehead atoms. The van der Waals surface area contributed by atoms with Crippen LogP contribution in [0.1, 0.15) is 142 Å². The summed E-state index contributed by atoms with van der Waals surface area (Å²) in [6, 6.07) is -0.617. The van der Waals surface area contributed by atoms with Crippen molar-refractivity contribution in [3.63, 3.8) is 0 Å². The Morgan fingerprint density at radius 1 is 0.735 bits per heavy atom. The van der Waals surface area contributed by atoms with Crippen molar-refractivity contribution in [3.8, 4) is 0 Å². The second kappa shape index (κ2) is 26.2. The van der Waals surface area contributed by atoms with E-state index >= 15 is 0 Å². The van der Waals surface area contributed by atoms with Crippen LogP contribution in [-0.2, 0) is 14.9 Å². The van der Waals surface area contributed by atoms with Gasteiger partial charge in [-0.2, -0.15) is 0 Å². The van der Waals surface area contributed by atoms with Gasteiger partial charge in [-0.3, -0.25) is 4.79 Å². The number of hydrogen-bond acceptors (Lipinski definition) is 4. The van der Waals surface area contributed by atoms with Crippen molar-refractivity contribution in [1.82, 2.24) is 5.32 Å². The van der Waals surface area contributed by atoms with E-state index in [2.05, 4.69) is 18.8 Å². The van der Waals surface area contributed by atoms with Gasteiger partial charge in [0.15, 0.2) is 0 Å². The Balaban J connectivity index is 0. The average Bonchev–Trinajstić information content (AvgIpc) is 2.76.